The molecule has 2 aromatic rings. The topological polar surface area (TPSA) is 59.1 Å². The van der Waals surface area contributed by atoms with Crippen molar-refractivity contribution in [3.05, 3.63) is 24.4 Å². The molecular weight excluding hydrogens is 228 g/mol. The Hall–Kier alpha value is -1.88. The van der Waals surface area contributed by atoms with Gasteiger partial charge in [-0.05, 0) is 12.1 Å². The summed E-state index contributed by atoms with van der Waals surface area (Å²) in [5.41, 5.74) is 2.77. The number of methoxy groups -OCH3 is 1. The molecule has 0 saturated carbocycles. The molecule has 0 aromatic carbocycles. The monoisotopic (exact) mass is 244 g/mol. The summed E-state index contributed by atoms with van der Waals surface area (Å²) in [6.07, 6.45) is 1.80. The van der Waals surface area contributed by atoms with Gasteiger partial charge in [0.1, 0.15) is 5.52 Å². The lowest BCUT2D eigenvalue weighted by Crippen LogP contribution is -2.45. The maximum Gasteiger partial charge on any atom is 0.213 e. The summed E-state index contributed by atoms with van der Waals surface area (Å²) in [5, 5.41) is 6.71. The number of fused-ring (bicyclic) bond motifs is 1. The van der Waals surface area contributed by atoms with Gasteiger partial charge in [-0.2, -0.15) is 0 Å². The normalized spacial score (nSPS) is 15.4. The summed E-state index contributed by atoms with van der Waals surface area (Å²) >= 11 is 0. The molecule has 0 bridgehead atoms. The maximum atomic E-state index is 5.16. The molecule has 0 spiro atoms. The van der Waals surface area contributed by atoms with Gasteiger partial charge in [0.15, 0.2) is 0 Å². The number of hydrogen-bond acceptors (Lipinski definition) is 5. The molecule has 0 aliphatic carbocycles. The Bertz CT molecular complexity index is 554. The number of nitrogens with one attached hydrogen (secondary N) is 2. The molecule has 3 heterocycles. The first-order valence-electron chi connectivity index (χ1n) is 6.11. The highest BCUT2D eigenvalue weighted by atomic mass is 16.5. The molecule has 1 aliphatic rings. The fraction of sp³-hybridized carbons (Fsp3) is 0.385. The molecular formula is C13H16N4O. The summed E-state index contributed by atoms with van der Waals surface area (Å²) < 4.78 is 5.16. The fourth-order valence-electron chi connectivity index (χ4n) is 2.01. The maximum absolute atomic E-state index is 5.16. The smallest absolute Gasteiger partial charge is 0.213 e. The minimum atomic E-state index is 0.615. The van der Waals surface area contributed by atoms with Crippen LogP contribution < -0.4 is 15.4 Å². The van der Waals surface area contributed by atoms with Gasteiger partial charge in [0.2, 0.25) is 5.88 Å². The van der Waals surface area contributed by atoms with Crippen molar-refractivity contribution in [3.8, 4) is 5.88 Å². The Morgan fingerprint density at radius 3 is 3.00 bits per heavy atom. The Morgan fingerprint density at radius 2 is 2.28 bits per heavy atom. The molecule has 2 N–H and O–H groups in total. The Labute approximate surface area is 106 Å². The molecule has 5 nitrogen and oxygen atoms in total. The zero-order chi connectivity index (χ0) is 12.4. The molecule has 18 heavy (non-hydrogen) atoms. The Balaban J connectivity index is 1.88. The molecule has 0 amide bonds. The predicted molar refractivity (Wildman–Crippen MR) is 70.9 cm³/mol. The van der Waals surface area contributed by atoms with Gasteiger partial charge in [-0.1, -0.05) is 0 Å². The number of nitrogens with zero attached hydrogens (tertiary/aromatic N) is 2. The zero-order valence-electron chi connectivity index (χ0n) is 10.3. The third-order valence-corrected chi connectivity index (χ3v) is 3.21. The van der Waals surface area contributed by atoms with Crippen LogP contribution in [-0.4, -0.2) is 36.7 Å². The van der Waals surface area contributed by atoms with Crippen LogP contribution in [-0.2, 0) is 0 Å². The first kappa shape index (κ1) is 11.2. The Morgan fingerprint density at radius 1 is 1.39 bits per heavy atom. The third kappa shape index (κ3) is 2.09. The van der Waals surface area contributed by atoms with E-state index in [1.54, 1.807) is 13.3 Å². The molecule has 5 heteroatoms. The molecule has 1 saturated heterocycles. The second-order valence-electron chi connectivity index (χ2n) is 4.49. The van der Waals surface area contributed by atoms with Crippen LogP contribution in [0.15, 0.2) is 24.4 Å². The quantitative estimate of drug-likeness (QED) is 0.848. The van der Waals surface area contributed by atoms with Crippen LogP contribution in [0.1, 0.15) is 0 Å². The van der Waals surface area contributed by atoms with Crippen LogP contribution >= 0.6 is 0 Å². The second kappa shape index (κ2) is 4.78. The number of anilines is 1. The van der Waals surface area contributed by atoms with Gasteiger partial charge in [0.05, 0.1) is 18.3 Å². The predicted octanol–water partition coefficient (Wildman–Crippen LogP) is 1.27. The highest BCUT2D eigenvalue weighted by Crippen LogP contribution is 2.22. The second-order valence-corrected chi connectivity index (χ2v) is 4.49. The molecule has 0 atom stereocenters. The number of ether oxygens (including phenoxy) is 1. The largest absolute Gasteiger partial charge is 0.481 e. The molecule has 2 aromatic heterocycles. The van der Waals surface area contributed by atoms with Gasteiger partial charge in [0, 0.05) is 37.8 Å². The van der Waals surface area contributed by atoms with Gasteiger partial charge >= 0.3 is 0 Å². The minimum absolute atomic E-state index is 0.615. The highest BCUT2D eigenvalue weighted by molar-refractivity contribution is 5.87. The first-order valence-corrected chi connectivity index (χ1v) is 6.11. The molecule has 1 fully saturated rings. The SMILES string of the molecule is COc1ccc2nccc(NCC3CNC3)c2n1. The number of aromatic nitrogens is 2. The van der Waals surface area contributed by atoms with Gasteiger partial charge in [-0.3, -0.25) is 4.98 Å². The summed E-state index contributed by atoms with van der Waals surface area (Å²) in [5.74, 6) is 1.32. The number of pyridine rings is 2. The lowest BCUT2D eigenvalue weighted by molar-refractivity contribution is 0.365. The number of rotatable bonds is 4. The van der Waals surface area contributed by atoms with Crippen LogP contribution in [0.4, 0.5) is 5.69 Å². The average Bonchev–Trinajstić information content (AvgIpc) is 2.36. The van der Waals surface area contributed by atoms with E-state index in [1.165, 1.54) is 0 Å². The van der Waals surface area contributed by atoms with E-state index in [1.807, 2.05) is 18.2 Å². The van der Waals surface area contributed by atoms with Crippen molar-refractivity contribution in [2.24, 2.45) is 5.92 Å². The van der Waals surface area contributed by atoms with Gasteiger partial charge in [-0.25, -0.2) is 4.98 Å². The van der Waals surface area contributed by atoms with Crippen molar-refractivity contribution >= 4 is 16.7 Å². The van der Waals surface area contributed by atoms with Crippen LogP contribution in [0.5, 0.6) is 5.88 Å². The fourth-order valence-corrected chi connectivity index (χ4v) is 2.01. The summed E-state index contributed by atoms with van der Waals surface area (Å²) in [4.78, 5) is 8.76. The van der Waals surface area contributed by atoms with Gasteiger partial charge < -0.3 is 15.4 Å². The van der Waals surface area contributed by atoms with E-state index in [4.69, 9.17) is 4.74 Å². The van der Waals surface area contributed by atoms with Crippen LogP contribution in [0.3, 0.4) is 0 Å². The van der Waals surface area contributed by atoms with E-state index in [0.29, 0.717) is 11.8 Å². The van der Waals surface area contributed by atoms with Gasteiger partial charge in [-0.15, -0.1) is 0 Å². The Kier molecular flexibility index (Phi) is 2.98. The van der Waals surface area contributed by atoms with E-state index < -0.39 is 0 Å². The molecule has 3 rings (SSSR count). The van der Waals surface area contributed by atoms with Gasteiger partial charge in [0.25, 0.3) is 0 Å². The van der Waals surface area contributed by atoms with Crippen molar-refractivity contribution in [2.75, 3.05) is 32.1 Å². The van der Waals surface area contributed by atoms with Crippen molar-refractivity contribution in [3.63, 3.8) is 0 Å². The van der Waals surface area contributed by atoms with Crippen LogP contribution in [0, 0.1) is 5.92 Å². The van der Waals surface area contributed by atoms with Crippen LogP contribution in [0.2, 0.25) is 0 Å². The average molecular weight is 244 g/mol. The van der Waals surface area contributed by atoms with Crippen molar-refractivity contribution in [1.82, 2.24) is 15.3 Å². The zero-order valence-corrected chi connectivity index (χ0v) is 10.3. The molecule has 0 unspecified atom stereocenters. The third-order valence-electron chi connectivity index (χ3n) is 3.21. The minimum Gasteiger partial charge on any atom is -0.481 e. The molecule has 94 valence electrons. The molecule has 1 aliphatic heterocycles. The van der Waals surface area contributed by atoms with Crippen molar-refractivity contribution in [1.29, 1.82) is 0 Å². The van der Waals surface area contributed by atoms with E-state index in [2.05, 4.69) is 20.6 Å². The summed E-state index contributed by atoms with van der Waals surface area (Å²) in [6, 6.07) is 5.72. The van der Waals surface area contributed by atoms with Crippen LogP contribution in [0.25, 0.3) is 11.0 Å². The lowest BCUT2D eigenvalue weighted by atomic mass is 10.0. The molecule has 0 radical (unpaired) electrons. The highest BCUT2D eigenvalue weighted by Gasteiger charge is 2.16. The summed E-state index contributed by atoms with van der Waals surface area (Å²) in [7, 11) is 1.62. The first-order chi connectivity index (χ1) is 8.86. The van der Waals surface area contributed by atoms with Crippen molar-refractivity contribution in [2.45, 2.75) is 0 Å². The van der Waals surface area contributed by atoms with E-state index in [-0.39, 0.29) is 0 Å². The van der Waals surface area contributed by atoms with E-state index >= 15 is 0 Å². The van der Waals surface area contributed by atoms with E-state index in [0.717, 1.165) is 36.4 Å². The van der Waals surface area contributed by atoms with E-state index in [9.17, 15) is 0 Å². The number of hydrogen-bond donors (Lipinski definition) is 2. The standard InChI is InChI=1S/C13H16N4O/c1-18-12-3-2-10-13(17-12)11(4-5-15-10)16-8-9-6-14-7-9/h2-5,9,14H,6-8H2,1H3,(H,15,16). The van der Waals surface area contributed by atoms with Crippen molar-refractivity contribution < 1.29 is 4.74 Å². The lowest BCUT2D eigenvalue weighted by Gasteiger charge is -2.27. The summed E-state index contributed by atoms with van der Waals surface area (Å²) in [6.45, 7) is 3.14.